The maximum absolute atomic E-state index is 12.8. The zero-order valence-corrected chi connectivity index (χ0v) is 16.4. The summed E-state index contributed by atoms with van der Waals surface area (Å²) in [4.78, 5) is 16.3. The second kappa shape index (κ2) is 7.85. The SMILES string of the molecule is CN(c1ccc(C(F)(F)F)cc1)c1cccc2c1CCN(C(=O)Cc1cn[nH]c1)C2. The maximum atomic E-state index is 12.8. The summed E-state index contributed by atoms with van der Waals surface area (Å²) in [5.74, 6) is 0.0450. The fraction of sp³-hybridized carbons (Fsp3) is 0.273. The Morgan fingerprint density at radius 2 is 1.97 bits per heavy atom. The van der Waals surface area contributed by atoms with Crippen LogP contribution >= 0.6 is 0 Å². The van der Waals surface area contributed by atoms with Gasteiger partial charge in [-0.2, -0.15) is 18.3 Å². The molecule has 30 heavy (non-hydrogen) atoms. The molecule has 2 aromatic carbocycles. The number of rotatable bonds is 4. The van der Waals surface area contributed by atoms with E-state index in [-0.39, 0.29) is 5.91 Å². The van der Waals surface area contributed by atoms with Crippen LogP contribution in [0.3, 0.4) is 0 Å². The molecule has 4 rings (SSSR count). The van der Waals surface area contributed by atoms with Crippen LogP contribution in [0.5, 0.6) is 0 Å². The van der Waals surface area contributed by atoms with E-state index < -0.39 is 11.7 Å². The van der Waals surface area contributed by atoms with Crippen molar-refractivity contribution in [2.45, 2.75) is 25.6 Å². The van der Waals surface area contributed by atoms with E-state index in [1.54, 1.807) is 12.4 Å². The molecule has 0 bridgehead atoms. The number of hydrogen-bond acceptors (Lipinski definition) is 3. The number of aromatic amines is 1. The van der Waals surface area contributed by atoms with Crippen molar-refractivity contribution < 1.29 is 18.0 Å². The summed E-state index contributed by atoms with van der Waals surface area (Å²) in [5, 5.41) is 6.58. The van der Waals surface area contributed by atoms with Gasteiger partial charge in [-0.05, 0) is 53.4 Å². The lowest BCUT2D eigenvalue weighted by atomic mass is 9.96. The summed E-state index contributed by atoms with van der Waals surface area (Å²) in [6.07, 6.45) is -0.000107. The average Bonchev–Trinajstić information content (AvgIpc) is 3.25. The lowest BCUT2D eigenvalue weighted by Crippen LogP contribution is -2.37. The third kappa shape index (κ3) is 4.03. The highest BCUT2D eigenvalue weighted by molar-refractivity contribution is 5.79. The van der Waals surface area contributed by atoms with Crippen molar-refractivity contribution in [2.75, 3.05) is 18.5 Å². The maximum Gasteiger partial charge on any atom is 0.416 e. The number of amides is 1. The zero-order chi connectivity index (χ0) is 21.3. The van der Waals surface area contributed by atoms with Gasteiger partial charge in [-0.25, -0.2) is 0 Å². The molecule has 5 nitrogen and oxygen atoms in total. The number of benzene rings is 2. The third-order valence-electron chi connectivity index (χ3n) is 5.45. The summed E-state index contributed by atoms with van der Waals surface area (Å²) in [5.41, 5.74) is 3.97. The Kier molecular flexibility index (Phi) is 5.24. The fourth-order valence-corrected chi connectivity index (χ4v) is 3.79. The lowest BCUT2D eigenvalue weighted by Gasteiger charge is -2.32. The van der Waals surface area contributed by atoms with Gasteiger partial charge in [0.05, 0.1) is 18.2 Å². The van der Waals surface area contributed by atoms with Crippen molar-refractivity contribution >= 4 is 17.3 Å². The van der Waals surface area contributed by atoms with Crippen LogP contribution in [0.15, 0.2) is 54.9 Å². The summed E-state index contributed by atoms with van der Waals surface area (Å²) >= 11 is 0. The molecule has 1 amide bonds. The molecule has 0 spiro atoms. The van der Waals surface area contributed by atoms with Crippen molar-refractivity contribution in [1.82, 2.24) is 15.1 Å². The minimum atomic E-state index is -4.35. The molecule has 0 radical (unpaired) electrons. The fourth-order valence-electron chi connectivity index (χ4n) is 3.79. The first-order chi connectivity index (χ1) is 14.3. The van der Waals surface area contributed by atoms with Crippen LogP contribution in [0, 0.1) is 0 Å². The number of aromatic nitrogens is 2. The van der Waals surface area contributed by atoms with E-state index in [0.717, 1.165) is 34.5 Å². The van der Waals surface area contributed by atoms with Gasteiger partial charge in [-0.3, -0.25) is 9.89 Å². The Balaban J connectivity index is 1.53. The quantitative estimate of drug-likeness (QED) is 0.692. The Bertz CT molecular complexity index is 1030. The molecule has 8 heteroatoms. The van der Waals surface area contributed by atoms with Gasteiger partial charge < -0.3 is 9.80 Å². The van der Waals surface area contributed by atoms with Crippen LogP contribution in [0.25, 0.3) is 0 Å². The van der Waals surface area contributed by atoms with E-state index in [4.69, 9.17) is 0 Å². The number of nitrogens with one attached hydrogen (secondary N) is 1. The highest BCUT2D eigenvalue weighted by atomic mass is 19.4. The number of H-pyrrole nitrogens is 1. The molecule has 1 aliphatic rings. The van der Waals surface area contributed by atoms with Gasteiger partial charge in [0, 0.05) is 37.7 Å². The molecule has 0 fully saturated rings. The summed E-state index contributed by atoms with van der Waals surface area (Å²) in [6.45, 7) is 1.11. The molecular formula is C22H21F3N4O. The second-order valence-electron chi connectivity index (χ2n) is 7.37. The molecule has 156 valence electrons. The van der Waals surface area contributed by atoms with Crippen LogP contribution in [-0.2, 0) is 30.4 Å². The molecule has 2 heterocycles. The minimum Gasteiger partial charge on any atom is -0.344 e. The molecule has 1 N–H and O–H groups in total. The summed E-state index contributed by atoms with van der Waals surface area (Å²) in [7, 11) is 1.84. The second-order valence-corrected chi connectivity index (χ2v) is 7.37. The van der Waals surface area contributed by atoms with Crippen LogP contribution in [-0.4, -0.2) is 34.6 Å². The van der Waals surface area contributed by atoms with Gasteiger partial charge in [-0.1, -0.05) is 12.1 Å². The molecule has 0 saturated carbocycles. The summed E-state index contributed by atoms with van der Waals surface area (Å²) in [6, 6.07) is 11.0. The average molecular weight is 414 g/mol. The number of hydrogen-bond donors (Lipinski definition) is 1. The van der Waals surface area contributed by atoms with Gasteiger partial charge in [0.1, 0.15) is 0 Å². The Labute approximate surface area is 172 Å². The van der Waals surface area contributed by atoms with E-state index >= 15 is 0 Å². The topological polar surface area (TPSA) is 52.2 Å². The van der Waals surface area contributed by atoms with Crippen LogP contribution < -0.4 is 4.90 Å². The van der Waals surface area contributed by atoms with E-state index in [9.17, 15) is 18.0 Å². The summed E-state index contributed by atoms with van der Waals surface area (Å²) < 4.78 is 38.5. The number of carbonyl (C=O) groups excluding carboxylic acids is 1. The van der Waals surface area contributed by atoms with Crippen molar-refractivity contribution in [3.8, 4) is 0 Å². The molecule has 0 unspecified atom stereocenters. The van der Waals surface area contributed by atoms with Crippen molar-refractivity contribution in [2.24, 2.45) is 0 Å². The number of anilines is 2. The van der Waals surface area contributed by atoms with Crippen molar-refractivity contribution in [3.05, 3.63) is 77.1 Å². The predicted molar refractivity (Wildman–Crippen MR) is 107 cm³/mol. The van der Waals surface area contributed by atoms with Crippen molar-refractivity contribution in [1.29, 1.82) is 0 Å². The first-order valence-electron chi connectivity index (χ1n) is 9.60. The number of halogens is 3. The van der Waals surface area contributed by atoms with Crippen molar-refractivity contribution in [3.63, 3.8) is 0 Å². The largest absolute Gasteiger partial charge is 0.416 e. The molecule has 0 atom stereocenters. The minimum absolute atomic E-state index is 0.0450. The first kappa shape index (κ1) is 20.0. The molecule has 3 aromatic rings. The smallest absolute Gasteiger partial charge is 0.344 e. The number of nitrogens with zero attached hydrogens (tertiary/aromatic N) is 3. The Morgan fingerprint density at radius 1 is 1.20 bits per heavy atom. The van der Waals surface area contributed by atoms with E-state index in [0.29, 0.717) is 31.6 Å². The van der Waals surface area contributed by atoms with Crippen LogP contribution in [0.1, 0.15) is 22.3 Å². The Morgan fingerprint density at radius 3 is 2.63 bits per heavy atom. The van der Waals surface area contributed by atoms with E-state index in [2.05, 4.69) is 10.2 Å². The number of fused-ring (bicyclic) bond motifs is 1. The first-order valence-corrected chi connectivity index (χ1v) is 9.60. The highest BCUT2D eigenvalue weighted by Gasteiger charge is 2.30. The molecule has 0 aliphatic carbocycles. The molecular weight excluding hydrogens is 393 g/mol. The molecule has 0 saturated heterocycles. The standard InChI is InChI=1S/C22H21F3N4O/c1-28(18-7-5-17(6-8-18)22(23,24)25)20-4-2-3-16-14-29(10-9-19(16)20)21(30)11-15-12-26-27-13-15/h2-8,12-13H,9-11,14H2,1H3,(H,26,27). The number of carbonyl (C=O) groups is 1. The van der Waals surface area contributed by atoms with Crippen LogP contribution in [0.2, 0.25) is 0 Å². The predicted octanol–water partition coefficient (Wildman–Crippen LogP) is 4.32. The van der Waals surface area contributed by atoms with Gasteiger partial charge in [-0.15, -0.1) is 0 Å². The highest BCUT2D eigenvalue weighted by Crippen LogP contribution is 2.35. The van der Waals surface area contributed by atoms with Gasteiger partial charge in [0.25, 0.3) is 0 Å². The van der Waals surface area contributed by atoms with Gasteiger partial charge in [0.15, 0.2) is 0 Å². The van der Waals surface area contributed by atoms with E-state index in [1.165, 1.54) is 12.1 Å². The molecule has 1 aromatic heterocycles. The van der Waals surface area contributed by atoms with Gasteiger partial charge in [0.2, 0.25) is 5.91 Å². The lowest BCUT2D eigenvalue weighted by molar-refractivity contribution is -0.137. The normalized spacial score (nSPS) is 13.8. The zero-order valence-electron chi connectivity index (χ0n) is 16.4. The third-order valence-corrected chi connectivity index (χ3v) is 5.45. The van der Waals surface area contributed by atoms with E-state index in [1.807, 2.05) is 35.0 Å². The van der Waals surface area contributed by atoms with Gasteiger partial charge >= 0.3 is 6.18 Å². The monoisotopic (exact) mass is 414 g/mol. The Hall–Kier alpha value is -3.29. The van der Waals surface area contributed by atoms with Crippen LogP contribution in [0.4, 0.5) is 24.5 Å². The molecule has 1 aliphatic heterocycles. The number of alkyl halides is 3.